The first kappa shape index (κ1) is 16.0. The lowest BCUT2D eigenvalue weighted by Crippen LogP contribution is -2.56. The van der Waals surface area contributed by atoms with Gasteiger partial charge in [0.15, 0.2) is 11.5 Å². The van der Waals surface area contributed by atoms with Gasteiger partial charge in [-0.1, -0.05) is 5.92 Å². The Balaban J connectivity index is 1.49. The molecule has 4 bridgehead atoms. The summed E-state index contributed by atoms with van der Waals surface area (Å²) in [5.74, 6) is 8.85. The Kier molecular flexibility index (Phi) is 3.49. The van der Waals surface area contributed by atoms with Crippen LogP contribution >= 0.6 is 0 Å². The number of aromatic nitrogens is 4. The second-order valence-corrected chi connectivity index (χ2v) is 8.22. The van der Waals surface area contributed by atoms with E-state index in [1.165, 1.54) is 19.3 Å². The summed E-state index contributed by atoms with van der Waals surface area (Å²) in [6.45, 7) is 0.391. The number of nitrogens with two attached hydrogens (primary N) is 1. The predicted octanol–water partition coefficient (Wildman–Crippen LogP) is 0.940. The number of anilines is 1. The first-order valence-electron chi connectivity index (χ1n) is 9.39. The molecular weight excluding hydrogens is 330 g/mol. The molecule has 2 aromatic heterocycles. The summed E-state index contributed by atoms with van der Waals surface area (Å²) in [6.07, 6.45) is 7.01. The summed E-state index contributed by atoms with van der Waals surface area (Å²) >= 11 is 0. The molecule has 2 heterocycles. The lowest BCUT2D eigenvalue weighted by Gasteiger charge is -2.57. The SMILES string of the molecule is Nc1nc(C#CC2C3CC4CC(C3)CC2(O)C4)nc2c1ncn2CCO. The van der Waals surface area contributed by atoms with E-state index >= 15 is 0 Å². The Labute approximate surface area is 151 Å². The zero-order valence-corrected chi connectivity index (χ0v) is 14.6. The Bertz CT molecular complexity index is 913. The molecule has 6 rings (SSSR count). The minimum atomic E-state index is -0.643. The van der Waals surface area contributed by atoms with Crippen LogP contribution in [0.5, 0.6) is 0 Å². The van der Waals surface area contributed by atoms with Crippen molar-refractivity contribution in [3.05, 3.63) is 12.2 Å². The molecule has 26 heavy (non-hydrogen) atoms. The van der Waals surface area contributed by atoms with Crippen LogP contribution in [-0.2, 0) is 6.54 Å². The predicted molar refractivity (Wildman–Crippen MR) is 95.7 cm³/mol. The van der Waals surface area contributed by atoms with E-state index in [1.54, 1.807) is 10.9 Å². The van der Waals surface area contributed by atoms with E-state index in [0.29, 0.717) is 47.1 Å². The molecule has 4 N–H and O–H groups in total. The fourth-order valence-corrected chi connectivity index (χ4v) is 5.69. The topological polar surface area (TPSA) is 110 Å². The number of nitrogens with zero attached hydrogens (tertiary/aromatic N) is 4. The number of aliphatic hydroxyl groups is 2. The highest BCUT2D eigenvalue weighted by molar-refractivity contribution is 5.81. The van der Waals surface area contributed by atoms with Gasteiger partial charge in [-0.3, -0.25) is 0 Å². The van der Waals surface area contributed by atoms with Gasteiger partial charge in [0.05, 0.1) is 24.5 Å². The van der Waals surface area contributed by atoms with E-state index in [2.05, 4.69) is 26.8 Å². The molecule has 136 valence electrons. The molecule has 0 aromatic carbocycles. The van der Waals surface area contributed by atoms with Crippen molar-refractivity contribution < 1.29 is 10.2 Å². The van der Waals surface area contributed by atoms with Crippen molar-refractivity contribution >= 4 is 17.0 Å². The Morgan fingerprint density at radius 1 is 1.23 bits per heavy atom. The van der Waals surface area contributed by atoms with Crippen molar-refractivity contribution in [3.63, 3.8) is 0 Å². The third kappa shape index (κ3) is 2.40. The highest BCUT2D eigenvalue weighted by atomic mass is 16.3. The first-order chi connectivity index (χ1) is 12.6. The van der Waals surface area contributed by atoms with Gasteiger partial charge in [-0.15, -0.1) is 0 Å². The highest BCUT2D eigenvalue weighted by Crippen LogP contribution is 2.58. The second kappa shape index (κ2) is 5.66. The maximum atomic E-state index is 11.1. The third-order valence-corrected chi connectivity index (χ3v) is 6.44. The maximum absolute atomic E-state index is 11.1. The van der Waals surface area contributed by atoms with Crippen molar-refractivity contribution in [3.8, 4) is 11.8 Å². The van der Waals surface area contributed by atoms with E-state index < -0.39 is 5.60 Å². The zero-order valence-electron chi connectivity index (χ0n) is 14.6. The van der Waals surface area contributed by atoms with Gasteiger partial charge in [-0.2, -0.15) is 0 Å². The molecule has 7 nitrogen and oxygen atoms in total. The molecule has 2 aromatic rings. The number of fused-ring (bicyclic) bond motifs is 1. The molecule has 0 spiro atoms. The molecule has 3 atom stereocenters. The van der Waals surface area contributed by atoms with Crippen molar-refractivity contribution in [2.75, 3.05) is 12.3 Å². The van der Waals surface area contributed by atoms with Crippen molar-refractivity contribution in [1.82, 2.24) is 19.5 Å². The molecule has 0 saturated heterocycles. The third-order valence-electron chi connectivity index (χ3n) is 6.44. The Morgan fingerprint density at radius 2 is 2.00 bits per heavy atom. The molecule has 4 aliphatic rings. The lowest BCUT2D eigenvalue weighted by atomic mass is 9.50. The van der Waals surface area contributed by atoms with Crippen LogP contribution in [0.1, 0.15) is 37.9 Å². The largest absolute Gasteiger partial charge is 0.395 e. The maximum Gasteiger partial charge on any atom is 0.208 e. The summed E-state index contributed by atoms with van der Waals surface area (Å²) in [6, 6.07) is 0. The van der Waals surface area contributed by atoms with Gasteiger partial charge in [0, 0.05) is 6.54 Å². The van der Waals surface area contributed by atoms with E-state index in [0.717, 1.165) is 12.8 Å². The fourth-order valence-electron chi connectivity index (χ4n) is 5.69. The fraction of sp³-hybridized carbons (Fsp3) is 0.632. The van der Waals surface area contributed by atoms with Crippen LogP contribution in [0.3, 0.4) is 0 Å². The normalized spacial score (nSPS) is 34.8. The van der Waals surface area contributed by atoms with Gasteiger partial charge in [0.25, 0.3) is 0 Å². The summed E-state index contributed by atoms with van der Waals surface area (Å²) in [4.78, 5) is 13.0. The van der Waals surface area contributed by atoms with Crippen LogP contribution in [0.25, 0.3) is 11.2 Å². The number of aliphatic hydroxyl groups excluding tert-OH is 1. The summed E-state index contributed by atoms with van der Waals surface area (Å²) < 4.78 is 1.74. The number of hydrogen-bond acceptors (Lipinski definition) is 6. The standard InChI is InChI=1S/C19H23N5O2/c20-17-16-18(24(3-4-25)10-21-16)23-15(22-17)2-1-14-13-6-11-5-12(7-13)9-19(14,26)8-11/h10-14,25-26H,3-9H2,(H2,20,22,23). The average molecular weight is 353 g/mol. The Hall–Kier alpha value is -2.17. The molecule has 0 amide bonds. The van der Waals surface area contributed by atoms with E-state index in [-0.39, 0.29) is 12.5 Å². The van der Waals surface area contributed by atoms with Gasteiger partial charge in [-0.25, -0.2) is 15.0 Å². The lowest BCUT2D eigenvalue weighted by molar-refractivity contribution is -0.152. The van der Waals surface area contributed by atoms with Crippen molar-refractivity contribution in [1.29, 1.82) is 0 Å². The Morgan fingerprint density at radius 3 is 2.69 bits per heavy atom. The minimum Gasteiger partial charge on any atom is -0.395 e. The molecule has 3 unspecified atom stereocenters. The second-order valence-electron chi connectivity index (χ2n) is 8.22. The van der Waals surface area contributed by atoms with Crippen LogP contribution < -0.4 is 5.73 Å². The molecule has 4 fully saturated rings. The summed E-state index contributed by atoms with van der Waals surface area (Å²) in [5, 5.41) is 20.3. The molecule has 4 aliphatic carbocycles. The molecular formula is C19H23N5O2. The average Bonchev–Trinajstić information content (AvgIpc) is 2.97. The van der Waals surface area contributed by atoms with Crippen LogP contribution in [0.4, 0.5) is 5.82 Å². The molecule has 0 aliphatic heterocycles. The van der Waals surface area contributed by atoms with E-state index in [9.17, 15) is 10.2 Å². The highest BCUT2D eigenvalue weighted by Gasteiger charge is 2.55. The van der Waals surface area contributed by atoms with Crippen LogP contribution in [0.2, 0.25) is 0 Å². The van der Waals surface area contributed by atoms with Crippen LogP contribution in [0.15, 0.2) is 6.33 Å². The minimum absolute atomic E-state index is 0.00169. The van der Waals surface area contributed by atoms with E-state index in [1.807, 2.05) is 0 Å². The van der Waals surface area contributed by atoms with Crippen LogP contribution in [0, 0.1) is 35.5 Å². The molecule has 0 radical (unpaired) electrons. The van der Waals surface area contributed by atoms with Crippen molar-refractivity contribution in [2.45, 2.75) is 44.2 Å². The number of rotatable bonds is 2. The van der Waals surface area contributed by atoms with Crippen molar-refractivity contribution in [2.24, 2.45) is 23.7 Å². The van der Waals surface area contributed by atoms with Gasteiger partial charge in [-0.05, 0) is 55.8 Å². The van der Waals surface area contributed by atoms with E-state index in [4.69, 9.17) is 5.73 Å². The first-order valence-corrected chi connectivity index (χ1v) is 9.39. The van der Waals surface area contributed by atoms with Gasteiger partial charge >= 0.3 is 0 Å². The monoisotopic (exact) mass is 353 g/mol. The quantitative estimate of drug-likeness (QED) is 0.693. The van der Waals surface area contributed by atoms with Gasteiger partial charge in [0.1, 0.15) is 5.52 Å². The summed E-state index contributed by atoms with van der Waals surface area (Å²) in [5.41, 5.74) is 6.48. The van der Waals surface area contributed by atoms with Gasteiger partial charge in [0.2, 0.25) is 5.82 Å². The molecule has 7 heteroatoms. The van der Waals surface area contributed by atoms with Gasteiger partial charge < -0.3 is 20.5 Å². The molecule has 4 saturated carbocycles. The number of imidazole rings is 1. The van der Waals surface area contributed by atoms with Crippen LogP contribution in [-0.4, -0.2) is 41.9 Å². The number of nitrogen functional groups attached to an aromatic ring is 1. The summed E-state index contributed by atoms with van der Waals surface area (Å²) in [7, 11) is 0. The number of hydrogen-bond donors (Lipinski definition) is 3. The zero-order chi connectivity index (χ0) is 17.9. The smallest absolute Gasteiger partial charge is 0.208 e.